The number of rotatable bonds is 2. The van der Waals surface area contributed by atoms with Crippen molar-refractivity contribution in [2.45, 2.75) is 31.8 Å². The molecule has 0 unspecified atom stereocenters. The summed E-state index contributed by atoms with van der Waals surface area (Å²) >= 11 is 0. The number of hydrogen-bond acceptors (Lipinski definition) is 1. The molecular weight excluding hydrogens is 170 g/mol. The van der Waals surface area contributed by atoms with Gasteiger partial charge in [0, 0.05) is 12.1 Å². The Morgan fingerprint density at radius 1 is 1.21 bits per heavy atom. The van der Waals surface area contributed by atoms with Crippen LogP contribution in [0.2, 0.25) is 0 Å². The summed E-state index contributed by atoms with van der Waals surface area (Å²) in [5.74, 6) is 0. The quantitative estimate of drug-likeness (QED) is 0.750. The number of benzene rings is 1. The maximum Gasteiger partial charge on any atom is 0.0256 e. The minimum atomic E-state index is 0.574. The summed E-state index contributed by atoms with van der Waals surface area (Å²) in [5, 5.41) is 3.54. The summed E-state index contributed by atoms with van der Waals surface area (Å²) in [6.45, 7) is 2.25. The van der Waals surface area contributed by atoms with Gasteiger partial charge in [-0.25, -0.2) is 0 Å². The zero-order valence-electron chi connectivity index (χ0n) is 8.61. The summed E-state index contributed by atoms with van der Waals surface area (Å²) in [6.07, 6.45) is 7.04. The van der Waals surface area contributed by atoms with E-state index in [4.69, 9.17) is 0 Å². The molecule has 0 aliphatic carbocycles. The summed E-state index contributed by atoms with van der Waals surface area (Å²) in [6, 6.07) is 11.7. The van der Waals surface area contributed by atoms with Crippen molar-refractivity contribution in [1.29, 1.82) is 0 Å². The van der Waals surface area contributed by atoms with Crippen LogP contribution in [0.3, 0.4) is 0 Å². The molecule has 1 aromatic rings. The van der Waals surface area contributed by atoms with E-state index in [0.29, 0.717) is 12.1 Å². The third kappa shape index (κ3) is 2.46. The molecule has 1 heteroatoms. The largest absolute Gasteiger partial charge is 0.308 e. The second-order valence-corrected chi connectivity index (χ2v) is 4.02. The van der Waals surface area contributed by atoms with Crippen molar-refractivity contribution in [3.63, 3.8) is 0 Å². The highest BCUT2D eigenvalue weighted by molar-refractivity contribution is 5.49. The first-order valence-electron chi connectivity index (χ1n) is 5.34. The van der Waals surface area contributed by atoms with Gasteiger partial charge in [0.2, 0.25) is 0 Å². The van der Waals surface area contributed by atoms with E-state index < -0.39 is 0 Å². The van der Waals surface area contributed by atoms with Crippen LogP contribution in [0.1, 0.15) is 25.3 Å². The predicted molar refractivity (Wildman–Crippen MR) is 61.1 cm³/mol. The molecule has 1 heterocycles. The zero-order chi connectivity index (χ0) is 9.80. The first-order chi connectivity index (χ1) is 6.84. The Kier molecular flexibility index (Phi) is 3.00. The molecule has 0 saturated carbocycles. The molecule has 14 heavy (non-hydrogen) atoms. The van der Waals surface area contributed by atoms with Crippen molar-refractivity contribution < 1.29 is 0 Å². The topological polar surface area (TPSA) is 12.0 Å². The lowest BCUT2D eigenvalue weighted by atomic mass is 10.1. The molecule has 74 valence electrons. The summed E-state index contributed by atoms with van der Waals surface area (Å²) in [7, 11) is 0. The van der Waals surface area contributed by atoms with Gasteiger partial charge in [0.05, 0.1) is 0 Å². The smallest absolute Gasteiger partial charge is 0.0256 e. The molecule has 2 atom stereocenters. The summed E-state index contributed by atoms with van der Waals surface area (Å²) in [5.41, 5.74) is 1.29. The molecule has 1 aliphatic heterocycles. The van der Waals surface area contributed by atoms with E-state index in [0.717, 1.165) is 0 Å². The third-order valence-corrected chi connectivity index (χ3v) is 2.73. The van der Waals surface area contributed by atoms with Gasteiger partial charge >= 0.3 is 0 Å². The van der Waals surface area contributed by atoms with Gasteiger partial charge in [0.15, 0.2) is 0 Å². The highest BCUT2D eigenvalue weighted by Crippen LogP contribution is 2.13. The minimum Gasteiger partial charge on any atom is -0.308 e. The van der Waals surface area contributed by atoms with Gasteiger partial charge in [-0.1, -0.05) is 42.5 Å². The van der Waals surface area contributed by atoms with Gasteiger partial charge in [-0.2, -0.15) is 0 Å². The van der Waals surface area contributed by atoms with Crippen molar-refractivity contribution in [2.24, 2.45) is 0 Å². The molecule has 1 nitrogen and oxygen atoms in total. The average Bonchev–Trinajstić information content (AvgIpc) is 2.63. The summed E-state index contributed by atoms with van der Waals surface area (Å²) < 4.78 is 0. The van der Waals surface area contributed by atoms with Gasteiger partial charge < -0.3 is 5.32 Å². The lowest BCUT2D eigenvalue weighted by Crippen LogP contribution is -2.24. The number of hydrogen-bond donors (Lipinski definition) is 1. The second-order valence-electron chi connectivity index (χ2n) is 4.02. The van der Waals surface area contributed by atoms with E-state index in [1.807, 2.05) is 6.07 Å². The molecule has 1 aromatic carbocycles. The maximum absolute atomic E-state index is 3.54. The minimum absolute atomic E-state index is 0.574. The lowest BCUT2D eigenvalue weighted by molar-refractivity contribution is 0.628. The Morgan fingerprint density at radius 3 is 2.64 bits per heavy atom. The van der Waals surface area contributed by atoms with Crippen LogP contribution in [-0.4, -0.2) is 12.1 Å². The van der Waals surface area contributed by atoms with E-state index in [-0.39, 0.29) is 0 Å². The van der Waals surface area contributed by atoms with Gasteiger partial charge in [-0.3, -0.25) is 0 Å². The van der Waals surface area contributed by atoms with E-state index in [9.17, 15) is 0 Å². The Labute approximate surface area is 85.8 Å². The Morgan fingerprint density at radius 2 is 2.00 bits per heavy atom. The van der Waals surface area contributed by atoms with Crippen molar-refractivity contribution >= 4 is 6.08 Å². The van der Waals surface area contributed by atoms with Gasteiger partial charge in [-0.05, 0) is 25.3 Å². The predicted octanol–water partition coefficient (Wildman–Crippen LogP) is 2.84. The molecule has 0 radical (unpaired) electrons. The van der Waals surface area contributed by atoms with Crippen LogP contribution in [0, 0.1) is 0 Å². The molecule has 1 saturated heterocycles. The van der Waals surface area contributed by atoms with E-state index >= 15 is 0 Å². The Hall–Kier alpha value is -1.08. The fraction of sp³-hybridized carbons (Fsp3) is 0.385. The van der Waals surface area contributed by atoms with E-state index in [2.05, 4.69) is 48.7 Å². The molecule has 0 aromatic heterocycles. The van der Waals surface area contributed by atoms with Crippen LogP contribution in [0.4, 0.5) is 0 Å². The van der Waals surface area contributed by atoms with E-state index in [1.165, 1.54) is 18.4 Å². The van der Waals surface area contributed by atoms with Crippen molar-refractivity contribution in [2.75, 3.05) is 0 Å². The highest BCUT2D eigenvalue weighted by atomic mass is 15.0. The number of nitrogens with one attached hydrogen (secondary N) is 1. The van der Waals surface area contributed by atoms with Crippen LogP contribution in [0.25, 0.3) is 6.08 Å². The molecular formula is C13H17N. The summed E-state index contributed by atoms with van der Waals surface area (Å²) in [4.78, 5) is 0. The van der Waals surface area contributed by atoms with Crippen LogP contribution in [0.5, 0.6) is 0 Å². The molecule has 0 spiro atoms. The normalized spacial score (nSPS) is 27.2. The van der Waals surface area contributed by atoms with E-state index in [1.54, 1.807) is 0 Å². The second kappa shape index (κ2) is 4.43. The van der Waals surface area contributed by atoms with Crippen LogP contribution in [0.15, 0.2) is 36.4 Å². The van der Waals surface area contributed by atoms with Gasteiger partial charge in [0.1, 0.15) is 0 Å². The zero-order valence-corrected chi connectivity index (χ0v) is 8.61. The third-order valence-electron chi connectivity index (χ3n) is 2.73. The maximum atomic E-state index is 3.54. The van der Waals surface area contributed by atoms with Crippen molar-refractivity contribution in [1.82, 2.24) is 5.32 Å². The molecule has 1 fully saturated rings. The standard InChI is InChI=1S/C13H17N/c1-11-7-9-13(14-11)10-8-12-5-3-2-4-6-12/h2-6,8,10-11,13-14H,7,9H2,1H3/b10-8+/t11-,13-/m1/s1. The molecule has 2 rings (SSSR count). The lowest BCUT2D eigenvalue weighted by Gasteiger charge is -2.05. The average molecular weight is 187 g/mol. The monoisotopic (exact) mass is 187 g/mol. The fourth-order valence-corrected chi connectivity index (χ4v) is 1.90. The molecule has 1 N–H and O–H groups in total. The van der Waals surface area contributed by atoms with Gasteiger partial charge in [0.25, 0.3) is 0 Å². The molecule has 0 bridgehead atoms. The highest BCUT2D eigenvalue weighted by Gasteiger charge is 2.16. The Balaban J connectivity index is 1.94. The fourth-order valence-electron chi connectivity index (χ4n) is 1.90. The van der Waals surface area contributed by atoms with Crippen molar-refractivity contribution in [3.8, 4) is 0 Å². The van der Waals surface area contributed by atoms with Gasteiger partial charge in [-0.15, -0.1) is 0 Å². The molecule has 1 aliphatic rings. The van der Waals surface area contributed by atoms with Crippen molar-refractivity contribution in [3.05, 3.63) is 42.0 Å². The molecule has 0 amide bonds. The van der Waals surface area contributed by atoms with Crippen LogP contribution >= 0.6 is 0 Å². The van der Waals surface area contributed by atoms with Crippen LogP contribution in [-0.2, 0) is 0 Å². The SMILES string of the molecule is C[C@@H]1CC[C@H](/C=C/c2ccccc2)N1. The first-order valence-corrected chi connectivity index (χ1v) is 5.34. The first kappa shape index (κ1) is 9.47. The van der Waals surface area contributed by atoms with Crippen LogP contribution < -0.4 is 5.32 Å². The Bertz CT molecular complexity index is 302.